The molecule has 3 aromatic rings. The van der Waals surface area contributed by atoms with Crippen molar-refractivity contribution in [2.45, 2.75) is 4.90 Å². The molecular weight excluding hydrogens is 416 g/mol. The van der Waals surface area contributed by atoms with Gasteiger partial charge >= 0.3 is 0 Å². The molecule has 0 aliphatic carbocycles. The normalized spacial score (nSPS) is 12.0. The van der Waals surface area contributed by atoms with E-state index in [1.54, 1.807) is 18.2 Å². The lowest BCUT2D eigenvalue weighted by atomic mass is 10.1. The molecule has 0 saturated carbocycles. The first kappa shape index (κ1) is 20.4. The van der Waals surface area contributed by atoms with Gasteiger partial charge in [0.1, 0.15) is 5.01 Å². The summed E-state index contributed by atoms with van der Waals surface area (Å²) in [6.45, 7) is 0. The largest absolute Gasteiger partial charge is 0.289 e. The fourth-order valence-corrected chi connectivity index (χ4v) is 4.17. The van der Waals surface area contributed by atoms with Crippen LogP contribution in [0.25, 0.3) is 16.6 Å². The van der Waals surface area contributed by atoms with Crippen molar-refractivity contribution in [2.75, 3.05) is 14.1 Å². The predicted octanol–water partition coefficient (Wildman–Crippen LogP) is 4.61. The summed E-state index contributed by atoms with van der Waals surface area (Å²) in [7, 11) is -0.591. The number of thiazole rings is 1. The Kier molecular flexibility index (Phi) is 6.10. The molecule has 0 N–H and O–H groups in total. The van der Waals surface area contributed by atoms with Crippen LogP contribution >= 0.6 is 22.9 Å². The third-order valence-electron chi connectivity index (χ3n) is 3.94. The molecule has 8 heteroatoms. The minimum Gasteiger partial charge on any atom is -0.289 e. The molecule has 0 spiro atoms. The number of rotatable bonds is 6. The Morgan fingerprint density at radius 3 is 2.32 bits per heavy atom. The zero-order chi connectivity index (χ0) is 20.3. The number of aromatic nitrogens is 1. The second-order valence-electron chi connectivity index (χ2n) is 6.09. The quantitative estimate of drug-likeness (QED) is 0.421. The molecule has 0 bridgehead atoms. The summed E-state index contributed by atoms with van der Waals surface area (Å²) in [5, 5.41) is 3.36. The number of hydrogen-bond acceptors (Lipinski definition) is 5. The van der Waals surface area contributed by atoms with E-state index < -0.39 is 10.0 Å². The topological polar surface area (TPSA) is 67.3 Å². The molecule has 0 aliphatic rings. The first-order valence-corrected chi connectivity index (χ1v) is 10.9. The number of halogens is 1. The fraction of sp³-hybridized carbons (Fsp3) is 0.100. The van der Waals surface area contributed by atoms with Gasteiger partial charge in [-0.15, -0.1) is 11.3 Å². The molecule has 5 nitrogen and oxygen atoms in total. The Morgan fingerprint density at radius 2 is 1.71 bits per heavy atom. The molecule has 3 rings (SSSR count). The maximum absolute atomic E-state index is 12.3. The van der Waals surface area contributed by atoms with Gasteiger partial charge in [-0.1, -0.05) is 23.7 Å². The summed E-state index contributed by atoms with van der Waals surface area (Å²) in [6, 6.07) is 13.3. The lowest BCUT2D eigenvalue weighted by Gasteiger charge is -2.11. The predicted molar refractivity (Wildman–Crippen MR) is 113 cm³/mol. The fourth-order valence-electron chi connectivity index (χ4n) is 2.35. The number of ketones is 1. The summed E-state index contributed by atoms with van der Waals surface area (Å²) >= 11 is 7.37. The van der Waals surface area contributed by atoms with E-state index in [-0.39, 0.29) is 10.7 Å². The van der Waals surface area contributed by atoms with Crippen molar-refractivity contribution in [2.24, 2.45) is 0 Å². The maximum atomic E-state index is 12.3. The number of carbonyl (C=O) groups excluding carboxylic acids is 1. The SMILES string of the molecule is CN(C)S(=O)(=O)c1ccc(C(=O)/C=C/c2csc(-c3ccc(Cl)cc3)n2)cc1. The van der Waals surface area contributed by atoms with E-state index in [4.69, 9.17) is 11.6 Å². The van der Waals surface area contributed by atoms with Gasteiger partial charge in [-0.3, -0.25) is 4.79 Å². The maximum Gasteiger partial charge on any atom is 0.242 e. The number of sulfonamides is 1. The van der Waals surface area contributed by atoms with Crippen molar-refractivity contribution in [1.29, 1.82) is 0 Å². The summed E-state index contributed by atoms with van der Waals surface area (Å²) in [6.07, 6.45) is 3.07. The van der Waals surface area contributed by atoms with Crippen molar-refractivity contribution >= 4 is 44.8 Å². The van der Waals surface area contributed by atoms with Crippen molar-refractivity contribution in [1.82, 2.24) is 9.29 Å². The average Bonchev–Trinajstić information content (AvgIpc) is 3.15. The van der Waals surface area contributed by atoms with Gasteiger partial charge in [0.25, 0.3) is 0 Å². The summed E-state index contributed by atoms with van der Waals surface area (Å²) in [4.78, 5) is 17.0. The smallest absolute Gasteiger partial charge is 0.242 e. The molecule has 1 aromatic heterocycles. The third kappa shape index (κ3) is 4.56. The molecular formula is C20H17ClN2O3S2. The summed E-state index contributed by atoms with van der Waals surface area (Å²) in [5.41, 5.74) is 2.04. The van der Waals surface area contributed by atoms with Gasteiger partial charge in [-0.2, -0.15) is 0 Å². The van der Waals surface area contributed by atoms with Crippen LogP contribution in [-0.4, -0.2) is 37.6 Å². The van der Waals surface area contributed by atoms with Crippen molar-refractivity contribution in [3.63, 3.8) is 0 Å². The van der Waals surface area contributed by atoms with E-state index in [1.165, 1.54) is 55.8 Å². The van der Waals surface area contributed by atoms with Crippen LogP contribution < -0.4 is 0 Å². The zero-order valence-electron chi connectivity index (χ0n) is 15.2. The van der Waals surface area contributed by atoms with E-state index in [0.717, 1.165) is 14.9 Å². The van der Waals surface area contributed by atoms with Crippen LogP contribution in [0.15, 0.2) is 64.9 Å². The first-order valence-electron chi connectivity index (χ1n) is 8.24. The number of nitrogens with zero attached hydrogens (tertiary/aromatic N) is 2. The van der Waals surface area contributed by atoms with Crippen molar-refractivity contribution < 1.29 is 13.2 Å². The Labute approximate surface area is 173 Å². The van der Waals surface area contributed by atoms with Crippen LogP contribution in [0.1, 0.15) is 16.1 Å². The minimum absolute atomic E-state index is 0.144. The van der Waals surface area contributed by atoms with E-state index in [1.807, 2.05) is 17.5 Å². The van der Waals surface area contributed by atoms with E-state index in [9.17, 15) is 13.2 Å². The molecule has 0 fully saturated rings. The van der Waals surface area contributed by atoms with Gasteiger partial charge in [0, 0.05) is 35.6 Å². The Hall–Kier alpha value is -2.32. The van der Waals surface area contributed by atoms with Gasteiger partial charge < -0.3 is 0 Å². The van der Waals surface area contributed by atoms with Gasteiger partial charge in [-0.25, -0.2) is 17.7 Å². The molecule has 0 amide bonds. The third-order valence-corrected chi connectivity index (χ3v) is 6.93. The van der Waals surface area contributed by atoms with Crippen LogP contribution in [0.2, 0.25) is 5.02 Å². The zero-order valence-corrected chi connectivity index (χ0v) is 17.6. The molecule has 2 aromatic carbocycles. The van der Waals surface area contributed by atoms with Crippen LogP contribution in [0.4, 0.5) is 0 Å². The lowest BCUT2D eigenvalue weighted by Crippen LogP contribution is -2.22. The number of carbonyl (C=O) groups is 1. The van der Waals surface area contributed by atoms with E-state index in [0.29, 0.717) is 16.3 Å². The number of hydrogen-bond donors (Lipinski definition) is 0. The highest BCUT2D eigenvalue weighted by atomic mass is 35.5. The molecule has 144 valence electrons. The minimum atomic E-state index is -3.51. The molecule has 0 saturated heterocycles. The van der Waals surface area contributed by atoms with Crippen LogP contribution in [0.5, 0.6) is 0 Å². The second kappa shape index (κ2) is 8.36. The Morgan fingerprint density at radius 1 is 1.07 bits per heavy atom. The monoisotopic (exact) mass is 432 g/mol. The van der Waals surface area contributed by atoms with Crippen LogP contribution in [0.3, 0.4) is 0 Å². The Bertz CT molecular complexity index is 1120. The lowest BCUT2D eigenvalue weighted by molar-refractivity contribution is 0.104. The van der Waals surface area contributed by atoms with Gasteiger partial charge in [-0.05, 0) is 48.6 Å². The second-order valence-corrected chi connectivity index (χ2v) is 9.54. The standard InChI is InChI=1S/C20H17ClN2O3S2/c1-23(2)28(25,26)18-10-5-14(6-11-18)19(24)12-9-17-13-27-20(22-17)15-3-7-16(21)8-4-15/h3-13H,1-2H3/b12-9+. The highest BCUT2D eigenvalue weighted by molar-refractivity contribution is 7.89. The first-order chi connectivity index (χ1) is 13.3. The molecule has 28 heavy (non-hydrogen) atoms. The average molecular weight is 433 g/mol. The summed E-state index contributed by atoms with van der Waals surface area (Å²) < 4.78 is 25.3. The highest BCUT2D eigenvalue weighted by Gasteiger charge is 2.17. The van der Waals surface area contributed by atoms with Crippen LogP contribution in [-0.2, 0) is 10.0 Å². The molecule has 1 heterocycles. The molecule has 0 aliphatic heterocycles. The van der Waals surface area contributed by atoms with Crippen LogP contribution in [0, 0.1) is 0 Å². The Balaban J connectivity index is 1.73. The van der Waals surface area contributed by atoms with E-state index in [2.05, 4.69) is 4.98 Å². The number of allylic oxidation sites excluding steroid dienone is 1. The molecule has 0 atom stereocenters. The molecule has 0 unspecified atom stereocenters. The summed E-state index contributed by atoms with van der Waals surface area (Å²) in [5.74, 6) is -0.227. The van der Waals surface area contributed by atoms with Gasteiger partial charge in [0.2, 0.25) is 10.0 Å². The van der Waals surface area contributed by atoms with Gasteiger partial charge in [0.15, 0.2) is 5.78 Å². The van der Waals surface area contributed by atoms with E-state index >= 15 is 0 Å². The number of benzene rings is 2. The van der Waals surface area contributed by atoms with Gasteiger partial charge in [0.05, 0.1) is 10.6 Å². The van der Waals surface area contributed by atoms with Crippen molar-refractivity contribution in [3.05, 3.63) is 76.3 Å². The van der Waals surface area contributed by atoms with Crippen molar-refractivity contribution in [3.8, 4) is 10.6 Å². The highest BCUT2D eigenvalue weighted by Crippen LogP contribution is 2.25. The molecule has 0 radical (unpaired) electrons.